The fourth-order valence-corrected chi connectivity index (χ4v) is 8.68. The Kier molecular flexibility index (Phi) is 7.16. The molecule has 0 fully saturated rings. The predicted molar refractivity (Wildman–Crippen MR) is 238 cm³/mol. The van der Waals surface area contributed by atoms with E-state index in [9.17, 15) is 0 Å². The van der Waals surface area contributed by atoms with Crippen LogP contribution in [0.3, 0.4) is 0 Å². The smallest absolute Gasteiger partial charge is 0.164 e. The number of hydrogen-bond donors (Lipinski definition) is 0. The van der Waals surface area contributed by atoms with Crippen molar-refractivity contribution in [1.82, 2.24) is 19.5 Å². The number of furan rings is 1. The summed E-state index contributed by atoms with van der Waals surface area (Å²) in [4.78, 5) is 15.7. The zero-order chi connectivity index (χ0) is 38.2. The highest BCUT2D eigenvalue weighted by Gasteiger charge is 2.21. The van der Waals surface area contributed by atoms with E-state index < -0.39 is 0 Å². The fourth-order valence-electron chi connectivity index (χ4n) is 8.68. The van der Waals surface area contributed by atoms with Crippen LogP contribution in [0.4, 0.5) is 0 Å². The van der Waals surface area contributed by atoms with Crippen LogP contribution in [-0.2, 0) is 0 Å². The maximum absolute atomic E-state index is 6.30. The molecule has 0 spiro atoms. The van der Waals surface area contributed by atoms with Crippen LogP contribution in [0, 0.1) is 0 Å². The average molecular weight is 741 g/mol. The Morgan fingerprint density at radius 1 is 0.345 bits per heavy atom. The summed E-state index contributed by atoms with van der Waals surface area (Å²) in [7, 11) is 0. The molecule has 0 amide bonds. The Balaban J connectivity index is 1.13. The second kappa shape index (κ2) is 12.8. The Morgan fingerprint density at radius 2 is 0.879 bits per heavy atom. The summed E-state index contributed by atoms with van der Waals surface area (Å²) < 4.78 is 8.72. The molecule has 0 radical (unpaired) electrons. The summed E-state index contributed by atoms with van der Waals surface area (Å²) in [6.07, 6.45) is 0. The van der Waals surface area contributed by atoms with Crippen LogP contribution < -0.4 is 0 Å². The van der Waals surface area contributed by atoms with Crippen molar-refractivity contribution in [3.8, 4) is 51.0 Å². The lowest BCUT2D eigenvalue weighted by molar-refractivity contribution is 0.669. The van der Waals surface area contributed by atoms with Crippen LogP contribution >= 0.6 is 0 Å². The van der Waals surface area contributed by atoms with Gasteiger partial charge in [0, 0.05) is 43.9 Å². The summed E-state index contributed by atoms with van der Waals surface area (Å²) in [5.41, 5.74) is 9.82. The number of aromatic nitrogens is 4. The van der Waals surface area contributed by atoms with Crippen molar-refractivity contribution in [1.29, 1.82) is 0 Å². The van der Waals surface area contributed by atoms with Crippen molar-refractivity contribution in [2.45, 2.75) is 0 Å². The van der Waals surface area contributed by atoms with Crippen LogP contribution in [0.2, 0.25) is 0 Å². The molecule has 0 saturated heterocycles. The van der Waals surface area contributed by atoms with Gasteiger partial charge in [0.15, 0.2) is 17.5 Å². The summed E-state index contributed by atoms with van der Waals surface area (Å²) in [5.74, 6) is 1.79. The van der Waals surface area contributed by atoms with Gasteiger partial charge in [0.2, 0.25) is 0 Å². The largest absolute Gasteiger partial charge is 0.456 e. The number of benzene rings is 9. The molecule has 12 aromatic rings. The van der Waals surface area contributed by atoms with E-state index in [-0.39, 0.29) is 0 Å². The zero-order valence-electron chi connectivity index (χ0n) is 31.2. The first-order valence-electron chi connectivity index (χ1n) is 19.5. The lowest BCUT2D eigenvalue weighted by Gasteiger charge is -2.16. The molecule has 0 aliphatic carbocycles. The van der Waals surface area contributed by atoms with Gasteiger partial charge in [-0.15, -0.1) is 0 Å². The van der Waals surface area contributed by atoms with E-state index >= 15 is 0 Å². The van der Waals surface area contributed by atoms with E-state index in [2.05, 4.69) is 138 Å². The van der Waals surface area contributed by atoms with Crippen LogP contribution in [0.25, 0.3) is 116 Å². The molecule has 5 heteroatoms. The average Bonchev–Trinajstić information content (AvgIpc) is 3.82. The minimum Gasteiger partial charge on any atom is -0.456 e. The van der Waals surface area contributed by atoms with Crippen molar-refractivity contribution in [3.63, 3.8) is 0 Å². The second-order valence-electron chi connectivity index (χ2n) is 14.8. The summed E-state index contributed by atoms with van der Waals surface area (Å²) in [5, 5.41) is 9.31. The summed E-state index contributed by atoms with van der Waals surface area (Å²) in [6.45, 7) is 0. The van der Waals surface area contributed by atoms with Crippen LogP contribution in [0.1, 0.15) is 0 Å². The number of rotatable bonds is 5. The SMILES string of the molecule is c1ccc(-c2nc(-c3ccc(-n4c5cc6ccccc6cc5c5cc6ccccc6cc54)cc3-c3ccccc3)nc(-c3cccc4oc5ccccc5c34)n2)cc1. The lowest BCUT2D eigenvalue weighted by atomic mass is 9.98. The molecule has 0 aliphatic heterocycles. The van der Waals surface area contributed by atoms with Gasteiger partial charge in [0.1, 0.15) is 11.2 Å². The maximum Gasteiger partial charge on any atom is 0.164 e. The quantitative estimate of drug-likeness (QED) is 0.176. The molecule has 0 saturated carbocycles. The van der Waals surface area contributed by atoms with E-state index in [1.54, 1.807) is 0 Å². The molecule has 0 unspecified atom stereocenters. The van der Waals surface area contributed by atoms with Crippen molar-refractivity contribution >= 4 is 65.3 Å². The summed E-state index contributed by atoms with van der Waals surface area (Å²) in [6, 6.07) is 68.2. The van der Waals surface area contributed by atoms with Gasteiger partial charge in [-0.2, -0.15) is 0 Å². The minimum absolute atomic E-state index is 0.588. The van der Waals surface area contributed by atoms with Crippen molar-refractivity contribution in [3.05, 3.63) is 194 Å². The normalized spacial score (nSPS) is 11.8. The molecule has 0 bridgehead atoms. The van der Waals surface area contributed by atoms with Crippen LogP contribution in [-0.4, -0.2) is 19.5 Å². The van der Waals surface area contributed by atoms with Gasteiger partial charge in [-0.3, -0.25) is 0 Å². The molecule has 0 N–H and O–H groups in total. The zero-order valence-corrected chi connectivity index (χ0v) is 31.2. The molecule has 58 heavy (non-hydrogen) atoms. The monoisotopic (exact) mass is 740 g/mol. The Bertz CT molecular complexity index is 3470. The van der Waals surface area contributed by atoms with E-state index in [1.165, 1.54) is 32.3 Å². The number of para-hydroxylation sites is 1. The highest BCUT2D eigenvalue weighted by molar-refractivity contribution is 6.17. The minimum atomic E-state index is 0.588. The second-order valence-corrected chi connectivity index (χ2v) is 14.8. The third-order valence-corrected chi connectivity index (χ3v) is 11.4. The van der Waals surface area contributed by atoms with Gasteiger partial charge in [0.05, 0.1) is 11.0 Å². The molecule has 5 nitrogen and oxygen atoms in total. The van der Waals surface area contributed by atoms with Crippen molar-refractivity contribution < 1.29 is 4.42 Å². The predicted octanol–water partition coefficient (Wildman–Crippen LogP) is 13.8. The van der Waals surface area contributed by atoms with Crippen LogP contribution in [0.15, 0.2) is 199 Å². The van der Waals surface area contributed by atoms with E-state index in [4.69, 9.17) is 19.4 Å². The molecular weight excluding hydrogens is 709 g/mol. The molecule has 0 atom stereocenters. The molecule has 270 valence electrons. The Morgan fingerprint density at radius 3 is 1.55 bits per heavy atom. The van der Waals surface area contributed by atoms with Crippen LogP contribution in [0.5, 0.6) is 0 Å². The van der Waals surface area contributed by atoms with Gasteiger partial charge in [0.25, 0.3) is 0 Å². The van der Waals surface area contributed by atoms with E-state index in [0.29, 0.717) is 17.5 Å². The van der Waals surface area contributed by atoms with Gasteiger partial charge in [-0.1, -0.05) is 140 Å². The highest BCUT2D eigenvalue weighted by Crippen LogP contribution is 2.41. The number of hydrogen-bond acceptors (Lipinski definition) is 4. The number of fused-ring (bicyclic) bond motifs is 8. The summed E-state index contributed by atoms with van der Waals surface area (Å²) >= 11 is 0. The van der Waals surface area contributed by atoms with Gasteiger partial charge in [-0.25, -0.2) is 15.0 Å². The molecule has 3 heterocycles. The maximum atomic E-state index is 6.30. The van der Waals surface area contributed by atoms with Gasteiger partial charge < -0.3 is 8.98 Å². The third-order valence-electron chi connectivity index (χ3n) is 11.4. The molecule has 12 rings (SSSR count). The standard InChI is InChI=1S/C53H32N4O/c1-3-14-33(15-4-1)43-32-39(57-46-30-37-20-9-7-18-35(37)28-44(46)45-29-36-19-8-10-21-38(36)31-47(45)57)26-27-40(43)52-54-51(34-16-5-2-6-17-34)55-53(56-52)42-23-13-25-49-50(42)41-22-11-12-24-48(41)58-49/h1-32H. The molecule has 9 aromatic carbocycles. The molecular formula is C53H32N4O. The number of nitrogens with zero attached hydrogens (tertiary/aromatic N) is 4. The van der Waals surface area contributed by atoms with Crippen molar-refractivity contribution in [2.24, 2.45) is 0 Å². The van der Waals surface area contributed by atoms with Gasteiger partial charge in [-0.05, 0) is 87.3 Å². The first kappa shape index (κ1) is 32.4. The van der Waals surface area contributed by atoms with Crippen molar-refractivity contribution in [2.75, 3.05) is 0 Å². The lowest BCUT2D eigenvalue weighted by Crippen LogP contribution is -2.02. The van der Waals surface area contributed by atoms with Gasteiger partial charge >= 0.3 is 0 Å². The fraction of sp³-hybridized carbons (Fsp3) is 0. The first-order chi connectivity index (χ1) is 28.7. The Labute approximate surface area is 333 Å². The topological polar surface area (TPSA) is 56.7 Å². The van der Waals surface area contributed by atoms with E-state index in [1.807, 2.05) is 60.7 Å². The highest BCUT2D eigenvalue weighted by atomic mass is 16.3. The Hall–Kier alpha value is -7.89. The third kappa shape index (κ3) is 5.14. The van der Waals surface area contributed by atoms with E-state index in [0.717, 1.165) is 66.5 Å². The molecule has 3 aromatic heterocycles. The first-order valence-corrected chi connectivity index (χ1v) is 19.5. The molecule has 0 aliphatic rings.